The van der Waals surface area contributed by atoms with Gasteiger partial charge in [-0.15, -0.1) is 11.3 Å². The molecule has 0 bridgehead atoms. The molecule has 1 aromatic heterocycles. The largest absolute Gasteiger partial charge is 0.481 e. The van der Waals surface area contributed by atoms with Crippen LogP contribution in [-0.2, 0) is 4.79 Å². The molecule has 1 aliphatic heterocycles. The normalized spacial score (nSPS) is 17.8. The van der Waals surface area contributed by atoms with Crippen LogP contribution in [-0.4, -0.2) is 29.1 Å². The zero-order valence-corrected chi connectivity index (χ0v) is 15.5. The quantitative estimate of drug-likeness (QED) is 0.839. The highest BCUT2D eigenvalue weighted by molar-refractivity contribution is 7.16. The number of nitrogens with zero attached hydrogens (tertiary/aromatic N) is 1. The molecule has 1 aromatic carbocycles. The number of carbonyl (C=O) groups is 1. The molecule has 1 fully saturated rings. The van der Waals surface area contributed by atoms with Gasteiger partial charge in [0.25, 0.3) is 0 Å². The van der Waals surface area contributed by atoms with E-state index in [-0.39, 0.29) is 12.0 Å². The molecule has 1 atom stereocenters. The number of hydrogen-bond acceptors (Lipinski definition) is 3. The van der Waals surface area contributed by atoms with Gasteiger partial charge in [0.2, 0.25) is 0 Å². The smallest absolute Gasteiger partial charge is 0.306 e. The van der Waals surface area contributed by atoms with Crippen LogP contribution < -0.4 is 0 Å². The maximum absolute atomic E-state index is 11.2. The Bertz CT molecular complexity index is 735. The van der Waals surface area contributed by atoms with Crippen molar-refractivity contribution >= 4 is 28.9 Å². The monoisotopic (exact) mass is 363 g/mol. The molecule has 3 rings (SSSR count). The van der Waals surface area contributed by atoms with E-state index in [9.17, 15) is 9.90 Å². The Morgan fingerprint density at radius 3 is 2.50 bits per heavy atom. The number of carboxylic acids is 1. The van der Waals surface area contributed by atoms with Gasteiger partial charge in [0.1, 0.15) is 0 Å². The highest BCUT2D eigenvalue weighted by atomic mass is 35.5. The fourth-order valence-corrected chi connectivity index (χ4v) is 4.76. The van der Waals surface area contributed by atoms with Crippen molar-refractivity contribution in [1.29, 1.82) is 0 Å². The zero-order chi connectivity index (χ0) is 17.3. The number of carboxylic acid groups (broad SMARTS) is 1. The van der Waals surface area contributed by atoms with Crippen LogP contribution in [0.5, 0.6) is 0 Å². The molecular weight excluding hydrogens is 342 g/mol. The molecule has 2 heterocycles. The SMILES string of the molecule is Cc1ccc(C(c2ccc(Cl)s2)N2CCC(C(=O)O)CC2)c(C)c1. The molecule has 0 radical (unpaired) electrons. The van der Waals surface area contributed by atoms with Gasteiger partial charge < -0.3 is 5.11 Å². The van der Waals surface area contributed by atoms with Gasteiger partial charge in [-0.05, 0) is 63.0 Å². The molecule has 1 N–H and O–H groups in total. The van der Waals surface area contributed by atoms with Crippen LogP contribution in [0.3, 0.4) is 0 Å². The zero-order valence-electron chi connectivity index (χ0n) is 14.0. The fraction of sp³-hybridized carbons (Fsp3) is 0.421. The van der Waals surface area contributed by atoms with Crippen LogP contribution in [0, 0.1) is 19.8 Å². The van der Waals surface area contributed by atoms with Crippen LogP contribution in [0.25, 0.3) is 0 Å². The second kappa shape index (κ2) is 7.26. The Morgan fingerprint density at radius 2 is 1.96 bits per heavy atom. The first-order valence-electron chi connectivity index (χ1n) is 8.25. The Balaban J connectivity index is 1.93. The predicted molar refractivity (Wildman–Crippen MR) is 99.0 cm³/mol. The fourth-order valence-electron chi connectivity index (χ4n) is 3.54. The maximum Gasteiger partial charge on any atom is 0.306 e. The summed E-state index contributed by atoms with van der Waals surface area (Å²) < 4.78 is 0.792. The summed E-state index contributed by atoms with van der Waals surface area (Å²) in [7, 11) is 0. The molecule has 5 heteroatoms. The topological polar surface area (TPSA) is 40.5 Å². The lowest BCUT2D eigenvalue weighted by molar-refractivity contribution is -0.143. The summed E-state index contributed by atoms with van der Waals surface area (Å²) in [4.78, 5) is 14.9. The van der Waals surface area contributed by atoms with E-state index in [1.54, 1.807) is 11.3 Å². The minimum Gasteiger partial charge on any atom is -0.481 e. The predicted octanol–water partition coefficient (Wildman–Crippen LogP) is 4.90. The highest BCUT2D eigenvalue weighted by Crippen LogP contribution is 2.38. The molecular formula is C19H22ClNO2S. The van der Waals surface area contributed by atoms with Crippen molar-refractivity contribution in [3.05, 3.63) is 56.2 Å². The second-order valence-corrected chi connectivity index (χ2v) is 8.30. The van der Waals surface area contributed by atoms with E-state index < -0.39 is 5.97 Å². The number of aryl methyl sites for hydroxylation is 2. The first-order chi connectivity index (χ1) is 11.5. The molecule has 3 nitrogen and oxygen atoms in total. The molecule has 0 aliphatic carbocycles. The third-order valence-electron chi connectivity index (χ3n) is 4.83. The first-order valence-corrected chi connectivity index (χ1v) is 9.44. The summed E-state index contributed by atoms with van der Waals surface area (Å²) in [5.74, 6) is -0.884. The van der Waals surface area contributed by atoms with Gasteiger partial charge in [-0.3, -0.25) is 9.69 Å². The van der Waals surface area contributed by atoms with Crippen LogP contribution in [0.2, 0.25) is 4.34 Å². The number of rotatable bonds is 4. The lowest BCUT2D eigenvalue weighted by atomic mass is 9.92. The average Bonchev–Trinajstić information content (AvgIpc) is 2.96. The van der Waals surface area contributed by atoms with Crippen molar-refractivity contribution in [3.63, 3.8) is 0 Å². The minimum absolute atomic E-state index is 0.151. The molecule has 0 spiro atoms. The first kappa shape index (κ1) is 17.5. The molecule has 0 saturated carbocycles. The Labute approximate surface area is 151 Å². The van der Waals surface area contributed by atoms with Crippen LogP contribution in [0.4, 0.5) is 0 Å². The number of thiophene rings is 1. The number of piperidine rings is 1. The Hall–Kier alpha value is -1.36. The summed E-state index contributed by atoms with van der Waals surface area (Å²) in [6, 6.07) is 10.8. The van der Waals surface area contributed by atoms with E-state index in [0.717, 1.165) is 17.4 Å². The van der Waals surface area contributed by atoms with Gasteiger partial charge in [-0.2, -0.15) is 0 Å². The Kier molecular flexibility index (Phi) is 5.28. The van der Waals surface area contributed by atoms with Crippen molar-refractivity contribution in [1.82, 2.24) is 4.90 Å². The molecule has 0 amide bonds. The maximum atomic E-state index is 11.2. The van der Waals surface area contributed by atoms with Crippen LogP contribution >= 0.6 is 22.9 Å². The lowest BCUT2D eigenvalue weighted by Crippen LogP contribution is -2.39. The number of halogens is 1. The summed E-state index contributed by atoms with van der Waals surface area (Å²) in [6.45, 7) is 5.84. The molecule has 1 saturated heterocycles. The van der Waals surface area contributed by atoms with Crippen molar-refractivity contribution in [2.24, 2.45) is 5.92 Å². The van der Waals surface area contributed by atoms with E-state index in [4.69, 9.17) is 11.6 Å². The molecule has 128 valence electrons. The van der Waals surface area contributed by atoms with Crippen LogP contribution in [0.1, 0.15) is 40.5 Å². The van der Waals surface area contributed by atoms with Crippen molar-refractivity contribution in [2.75, 3.05) is 13.1 Å². The van der Waals surface area contributed by atoms with Gasteiger partial charge in [0.15, 0.2) is 0 Å². The second-order valence-electron chi connectivity index (χ2n) is 6.55. The lowest BCUT2D eigenvalue weighted by Gasteiger charge is -2.37. The summed E-state index contributed by atoms with van der Waals surface area (Å²) >= 11 is 7.79. The molecule has 2 aromatic rings. The van der Waals surface area contributed by atoms with Gasteiger partial charge in [0.05, 0.1) is 16.3 Å². The van der Waals surface area contributed by atoms with Crippen molar-refractivity contribution in [2.45, 2.75) is 32.7 Å². The van der Waals surface area contributed by atoms with Gasteiger partial charge in [-0.1, -0.05) is 35.4 Å². The summed E-state index contributed by atoms with van der Waals surface area (Å²) in [6.07, 6.45) is 1.41. The number of likely N-dealkylation sites (tertiary alicyclic amines) is 1. The number of hydrogen-bond donors (Lipinski definition) is 1. The standard InChI is InChI=1S/C19H22ClNO2S/c1-12-3-4-15(13(2)11-12)18(16-5-6-17(20)24-16)21-9-7-14(8-10-21)19(22)23/h3-6,11,14,18H,7-10H2,1-2H3,(H,22,23). The third-order valence-corrected chi connectivity index (χ3v) is 6.11. The van der Waals surface area contributed by atoms with Crippen molar-refractivity contribution in [3.8, 4) is 0 Å². The molecule has 24 heavy (non-hydrogen) atoms. The summed E-state index contributed by atoms with van der Waals surface area (Å²) in [5.41, 5.74) is 3.81. The van der Waals surface area contributed by atoms with Gasteiger partial charge >= 0.3 is 5.97 Å². The van der Waals surface area contributed by atoms with E-state index >= 15 is 0 Å². The van der Waals surface area contributed by atoms with E-state index in [0.29, 0.717) is 12.8 Å². The molecule has 1 aliphatic rings. The summed E-state index contributed by atoms with van der Waals surface area (Å²) in [5, 5.41) is 9.24. The van der Waals surface area contributed by atoms with Gasteiger partial charge in [-0.25, -0.2) is 0 Å². The van der Waals surface area contributed by atoms with Gasteiger partial charge in [0, 0.05) is 4.88 Å². The van der Waals surface area contributed by atoms with E-state index in [2.05, 4.69) is 43.0 Å². The highest BCUT2D eigenvalue weighted by Gasteiger charge is 2.31. The van der Waals surface area contributed by atoms with E-state index in [1.807, 2.05) is 6.07 Å². The van der Waals surface area contributed by atoms with Crippen LogP contribution in [0.15, 0.2) is 30.3 Å². The number of aliphatic carboxylic acids is 1. The third kappa shape index (κ3) is 3.66. The number of benzene rings is 1. The average molecular weight is 364 g/mol. The van der Waals surface area contributed by atoms with E-state index in [1.165, 1.54) is 21.6 Å². The Morgan fingerprint density at radius 1 is 1.25 bits per heavy atom. The van der Waals surface area contributed by atoms with Crippen molar-refractivity contribution < 1.29 is 9.90 Å². The minimum atomic E-state index is -0.670. The molecule has 1 unspecified atom stereocenters.